The van der Waals surface area contributed by atoms with E-state index in [4.69, 9.17) is 0 Å². The van der Waals surface area contributed by atoms with Crippen LogP contribution in [0.5, 0.6) is 0 Å². The van der Waals surface area contributed by atoms with E-state index in [2.05, 4.69) is 20.0 Å². The molecular formula is C23H16N4O2. The number of nitrogens with zero attached hydrogens (tertiary/aromatic N) is 4. The highest BCUT2D eigenvalue weighted by Gasteiger charge is 2.25. The van der Waals surface area contributed by atoms with Crippen LogP contribution < -0.4 is 0 Å². The molecule has 0 fully saturated rings. The van der Waals surface area contributed by atoms with Gasteiger partial charge in [0.15, 0.2) is 0 Å². The molecule has 0 saturated carbocycles. The maximum absolute atomic E-state index is 11.6. The molecule has 0 saturated heterocycles. The van der Waals surface area contributed by atoms with Crippen LogP contribution in [0.4, 0.5) is 0 Å². The molecule has 6 nitrogen and oxygen atoms in total. The van der Waals surface area contributed by atoms with Gasteiger partial charge in [0.25, 0.3) is 0 Å². The number of allylic oxidation sites excluding steroid dienone is 12. The van der Waals surface area contributed by atoms with Gasteiger partial charge in [-0.25, -0.2) is 20.0 Å². The van der Waals surface area contributed by atoms with Crippen LogP contribution in [0.2, 0.25) is 0 Å². The molecule has 0 radical (unpaired) electrons. The van der Waals surface area contributed by atoms with Crippen molar-refractivity contribution in [3.05, 3.63) is 95.2 Å². The third-order valence-electron chi connectivity index (χ3n) is 4.91. The molecule has 0 amide bonds. The first-order valence-electron chi connectivity index (χ1n) is 9.24. The van der Waals surface area contributed by atoms with Gasteiger partial charge in [0.05, 0.1) is 51.6 Å². The molecule has 29 heavy (non-hydrogen) atoms. The summed E-state index contributed by atoms with van der Waals surface area (Å²) in [7, 11) is 0. The molecule has 0 aliphatic carbocycles. The topological polar surface area (TPSA) is 86.7 Å². The summed E-state index contributed by atoms with van der Waals surface area (Å²) >= 11 is 0. The third-order valence-corrected chi connectivity index (χ3v) is 4.91. The molecule has 5 aliphatic heterocycles. The summed E-state index contributed by atoms with van der Waals surface area (Å²) in [5.74, 6) is -1.57. The molecule has 0 spiro atoms. The minimum atomic E-state index is -0.893. The van der Waals surface area contributed by atoms with E-state index in [1.807, 2.05) is 60.8 Å². The van der Waals surface area contributed by atoms with Crippen LogP contribution in [-0.2, 0) is 4.79 Å². The number of rotatable bonds is 2. The lowest BCUT2D eigenvalue weighted by Gasteiger charge is -2.08. The number of carboxylic acid groups (broad SMARTS) is 1. The SMILES string of the molecule is CC(C(=O)O)C1=CC2=NC1=CC1=NC(=CC3=NC(=CC4=NC(=C2)C=C4)C=C3)C=C1. The van der Waals surface area contributed by atoms with E-state index in [0.29, 0.717) is 17.0 Å². The smallest absolute Gasteiger partial charge is 0.310 e. The highest BCUT2D eigenvalue weighted by atomic mass is 16.4. The van der Waals surface area contributed by atoms with Crippen LogP contribution in [0, 0.1) is 5.92 Å². The molecule has 140 valence electrons. The Balaban J connectivity index is 1.65. The number of hydrogen-bond donors (Lipinski definition) is 1. The fourth-order valence-electron chi connectivity index (χ4n) is 3.40. The Morgan fingerprint density at radius 2 is 1.17 bits per heavy atom. The van der Waals surface area contributed by atoms with E-state index in [-0.39, 0.29) is 0 Å². The number of aliphatic imine (C=N–C) groups is 4. The first-order valence-corrected chi connectivity index (χ1v) is 9.24. The summed E-state index contributed by atoms with van der Waals surface area (Å²) in [5, 5.41) is 9.49. The number of fused-ring (bicyclic) bond motifs is 4. The Bertz CT molecular complexity index is 1220. The maximum Gasteiger partial charge on any atom is 0.310 e. The van der Waals surface area contributed by atoms with E-state index in [1.165, 1.54) is 0 Å². The molecule has 6 heteroatoms. The van der Waals surface area contributed by atoms with Gasteiger partial charge >= 0.3 is 5.97 Å². The second-order valence-corrected chi connectivity index (χ2v) is 7.04. The molecule has 5 rings (SSSR count). The Hall–Kier alpha value is -3.93. The van der Waals surface area contributed by atoms with Crippen LogP contribution in [0.3, 0.4) is 0 Å². The highest BCUT2D eigenvalue weighted by molar-refractivity contribution is 6.15. The van der Waals surface area contributed by atoms with Crippen LogP contribution in [-0.4, -0.2) is 33.9 Å². The molecule has 1 N–H and O–H groups in total. The lowest BCUT2D eigenvalue weighted by Crippen LogP contribution is -2.12. The Labute approximate surface area is 167 Å². The van der Waals surface area contributed by atoms with Crippen molar-refractivity contribution in [1.82, 2.24) is 0 Å². The van der Waals surface area contributed by atoms with Crippen molar-refractivity contribution in [2.24, 2.45) is 25.9 Å². The number of carboxylic acids is 1. The molecule has 0 aromatic heterocycles. The summed E-state index contributed by atoms with van der Waals surface area (Å²) in [6.45, 7) is 1.66. The largest absolute Gasteiger partial charge is 0.481 e. The molecular weight excluding hydrogens is 364 g/mol. The first-order chi connectivity index (χ1) is 14.0. The van der Waals surface area contributed by atoms with Gasteiger partial charge < -0.3 is 5.11 Å². The monoisotopic (exact) mass is 380 g/mol. The second kappa shape index (κ2) is 6.60. The summed E-state index contributed by atoms with van der Waals surface area (Å²) in [5.41, 5.74) is 6.65. The van der Waals surface area contributed by atoms with Crippen molar-refractivity contribution in [3.8, 4) is 0 Å². The Morgan fingerprint density at radius 1 is 0.690 bits per heavy atom. The van der Waals surface area contributed by atoms with Crippen molar-refractivity contribution < 1.29 is 9.90 Å². The number of hydrogen-bond acceptors (Lipinski definition) is 5. The average Bonchev–Trinajstić information content (AvgIpc) is 3.45. The zero-order valence-electron chi connectivity index (χ0n) is 15.6. The fourth-order valence-corrected chi connectivity index (χ4v) is 3.40. The Kier molecular flexibility index (Phi) is 3.91. The van der Waals surface area contributed by atoms with Crippen molar-refractivity contribution in [2.45, 2.75) is 6.92 Å². The van der Waals surface area contributed by atoms with E-state index in [0.717, 1.165) is 34.2 Å². The summed E-state index contributed by atoms with van der Waals surface area (Å²) < 4.78 is 0. The molecule has 5 heterocycles. The number of carbonyl (C=O) groups is 1. The van der Waals surface area contributed by atoms with Crippen molar-refractivity contribution in [1.29, 1.82) is 0 Å². The molecule has 0 aromatic carbocycles. The van der Waals surface area contributed by atoms with E-state index in [9.17, 15) is 9.90 Å². The molecule has 8 bridgehead atoms. The zero-order chi connectivity index (χ0) is 20.0. The van der Waals surface area contributed by atoms with Gasteiger partial charge in [-0.15, -0.1) is 0 Å². The van der Waals surface area contributed by atoms with E-state index >= 15 is 0 Å². The van der Waals surface area contributed by atoms with Crippen LogP contribution in [0.1, 0.15) is 6.92 Å². The lowest BCUT2D eigenvalue weighted by atomic mass is 9.98. The lowest BCUT2D eigenvalue weighted by molar-refractivity contribution is -0.139. The number of aliphatic carboxylic acids is 1. The van der Waals surface area contributed by atoms with Gasteiger partial charge in [-0.3, -0.25) is 4.79 Å². The summed E-state index contributed by atoms with van der Waals surface area (Å²) in [4.78, 5) is 30.0. The second-order valence-electron chi connectivity index (χ2n) is 7.04. The van der Waals surface area contributed by atoms with Gasteiger partial charge in [-0.1, -0.05) is 0 Å². The van der Waals surface area contributed by atoms with Gasteiger partial charge in [0, 0.05) is 0 Å². The van der Waals surface area contributed by atoms with Crippen molar-refractivity contribution >= 4 is 28.8 Å². The standard InChI is InChI=1S/C23H16N4O2/c1-13(23(28)29)21-11-20-10-18-5-4-16(25-18)8-14-2-3-15(24-14)9-17-6-7-19(26-17)12-22(21)27-20/h2-13H,1H3,(H,28,29). The quantitative estimate of drug-likeness (QED) is 0.792. The molecule has 5 aliphatic rings. The average molecular weight is 380 g/mol. The van der Waals surface area contributed by atoms with Crippen LogP contribution in [0.25, 0.3) is 0 Å². The minimum absolute atomic E-state index is 0.606. The Morgan fingerprint density at radius 3 is 1.69 bits per heavy atom. The van der Waals surface area contributed by atoms with Gasteiger partial charge in [0.2, 0.25) is 0 Å². The predicted molar refractivity (Wildman–Crippen MR) is 114 cm³/mol. The molecule has 1 unspecified atom stereocenters. The van der Waals surface area contributed by atoms with Gasteiger partial charge in [0.1, 0.15) is 0 Å². The minimum Gasteiger partial charge on any atom is -0.481 e. The molecule has 1 atom stereocenters. The van der Waals surface area contributed by atoms with E-state index < -0.39 is 11.9 Å². The first kappa shape index (κ1) is 17.2. The summed E-state index contributed by atoms with van der Waals surface area (Å²) in [6, 6.07) is 0. The predicted octanol–water partition coefficient (Wildman–Crippen LogP) is 3.67. The zero-order valence-corrected chi connectivity index (χ0v) is 15.6. The van der Waals surface area contributed by atoms with Gasteiger partial charge in [-0.05, 0) is 79.3 Å². The maximum atomic E-state index is 11.6. The summed E-state index contributed by atoms with van der Waals surface area (Å²) in [6.07, 6.45) is 20.8. The van der Waals surface area contributed by atoms with E-state index in [1.54, 1.807) is 13.0 Å². The fraction of sp³-hybridized carbons (Fsp3) is 0.0870. The van der Waals surface area contributed by atoms with Crippen LogP contribution >= 0.6 is 0 Å². The third kappa shape index (κ3) is 3.36. The normalized spacial score (nSPS) is 22.2. The highest BCUT2D eigenvalue weighted by Crippen LogP contribution is 2.29. The molecule has 0 aromatic rings. The van der Waals surface area contributed by atoms with Crippen molar-refractivity contribution in [3.63, 3.8) is 0 Å². The van der Waals surface area contributed by atoms with Gasteiger partial charge in [-0.2, -0.15) is 0 Å². The van der Waals surface area contributed by atoms with Crippen LogP contribution in [0.15, 0.2) is 115 Å². The van der Waals surface area contributed by atoms with Crippen molar-refractivity contribution in [2.75, 3.05) is 0 Å².